The first kappa shape index (κ1) is 10.8. The maximum Gasteiger partial charge on any atom is 0.161 e. The molecule has 18 heavy (non-hydrogen) atoms. The quantitative estimate of drug-likeness (QED) is 0.839. The van der Waals surface area contributed by atoms with E-state index in [4.69, 9.17) is 5.73 Å². The van der Waals surface area contributed by atoms with Crippen LogP contribution < -0.4 is 16.0 Å². The third-order valence-electron chi connectivity index (χ3n) is 3.24. The van der Waals surface area contributed by atoms with E-state index >= 15 is 0 Å². The molecule has 5 nitrogen and oxygen atoms in total. The van der Waals surface area contributed by atoms with Gasteiger partial charge in [-0.3, -0.25) is 0 Å². The van der Waals surface area contributed by atoms with E-state index < -0.39 is 0 Å². The smallest absolute Gasteiger partial charge is 0.161 e. The molecule has 1 aliphatic rings. The van der Waals surface area contributed by atoms with Gasteiger partial charge in [0.15, 0.2) is 11.6 Å². The SMILES string of the molecule is CNc1ncnc(N2CCc3ccccc32)c1N. The summed E-state index contributed by atoms with van der Waals surface area (Å²) in [6, 6.07) is 8.34. The monoisotopic (exact) mass is 241 g/mol. The van der Waals surface area contributed by atoms with Crippen molar-refractivity contribution in [3.63, 3.8) is 0 Å². The van der Waals surface area contributed by atoms with Crippen molar-refractivity contribution in [1.29, 1.82) is 0 Å². The molecule has 0 fully saturated rings. The van der Waals surface area contributed by atoms with Crippen molar-refractivity contribution in [2.45, 2.75) is 6.42 Å². The van der Waals surface area contributed by atoms with Crippen LogP contribution in [0.5, 0.6) is 0 Å². The zero-order valence-corrected chi connectivity index (χ0v) is 10.2. The number of nitrogens with one attached hydrogen (secondary N) is 1. The largest absolute Gasteiger partial charge is 0.393 e. The second-order valence-corrected chi connectivity index (χ2v) is 4.24. The number of hydrogen-bond acceptors (Lipinski definition) is 5. The van der Waals surface area contributed by atoms with Crippen molar-refractivity contribution < 1.29 is 0 Å². The van der Waals surface area contributed by atoms with Crippen LogP contribution >= 0.6 is 0 Å². The Bertz CT molecular complexity index is 581. The summed E-state index contributed by atoms with van der Waals surface area (Å²) in [5.74, 6) is 1.45. The topological polar surface area (TPSA) is 67.1 Å². The zero-order valence-electron chi connectivity index (χ0n) is 10.2. The number of hydrogen-bond donors (Lipinski definition) is 2. The maximum atomic E-state index is 6.10. The van der Waals surface area contributed by atoms with Crippen LogP contribution in [0.3, 0.4) is 0 Å². The van der Waals surface area contributed by atoms with Gasteiger partial charge in [-0.15, -0.1) is 0 Å². The zero-order chi connectivity index (χ0) is 12.5. The molecule has 0 amide bonds. The first-order chi connectivity index (χ1) is 8.81. The average molecular weight is 241 g/mol. The van der Waals surface area contributed by atoms with E-state index in [1.54, 1.807) is 13.4 Å². The van der Waals surface area contributed by atoms with Crippen LogP contribution in [0.25, 0.3) is 0 Å². The average Bonchev–Trinajstić information content (AvgIpc) is 2.83. The Labute approximate surface area is 106 Å². The Morgan fingerprint density at radius 3 is 2.94 bits per heavy atom. The minimum absolute atomic E-state index is 0.594. The van der Waals surface area contributed by atoms with E-state index in [0.717, 1.165) is 18.8 Å². The van der Waals surface area contributed by atoms with Crippen LogP contribution in [0.2, 0.25) is 0 Å². The predicted molar refractivity (Wildman–Crippen MR) is 73.1 cm³/mol. The van der Waals surface area contributed by atoms with Gasteiger partial charge in [0, 0.05) is 19.3 Å². The van der Waals surface area contributed by atoms with E-state index in [0.29, 0.717) is 11.5 Å². The maximum absolute atomic E-state index is 6.10. The fourth-order valence-electron chi connectivity index (χ4n) is 2.36. The van der Waals surface area contributed by atoms with Gasteiger partial charge in [-0.25, -0.2) is 9.97 Å². The number of benzene rings is 1. The summed E-state index contributed by atoms with van der Waals surface area (Å²) in [4.78, 5) is 10.6. The van der Waals surface area contributed by atoms with Crippen LogP contribution in [0.1, 0.15) is 5.56 Å². The van der Waals surface area contributed by atoms with Gasteiger partial charge in [-0.05, 0) is 18.1 Å². The molecule has 0 spiro atoms. The molecule has 1 aliphatic heterocycles. The fraction of sp³-hybridized carbons (Fsp3) is 0.231. The lowest BCUT2D eigenvalue weighted by atomic mass is 10.2. The molecule has 0 atom stereocenters. The van der Waals surface area contributed by atoms with Crippen LogP contribution in [-0.2, 0) is 6.42 Å². The molecule has 0 bridgehead atoms. The molecule has 0 aliphatic carbocycles. The lowest BCUT2D eigenvalue weighted by Crippen LogP contribution is -2.17. The summed E-state index contributed by atoms with van der Waals surface area (Å²) < 4.78 is 0. The normalized spacial score (nSPS) is 13.5. The van der Waals surface area contributed by atoms with Crippen LogP contribution in [0.15, 0.2) is 30.6 Å². The van der Waals surface area contributed by atoms with Gasteiger partial charge in [-0.1, -0.05) is 18.2 Å². The second-order valence-electron chi connectivity index (χ2n) is 4.24. The lowest BCUT2D eigenvalue weighted by molar-refractivity contribution is 0.967. The second kappa shape index (κ2) is 4.18. The molecule has 0 saturated heterocycles. The standard InChI is InChI=1S/C13H15N5/c1-15-12-11(14)13(17-8-16-12)18-7-6-9-4-2-3-5-10(9)18/h2-5,8H,6-7,14H2,1H3,(H,15,16,17). The molecule has 2 heterocycles. The minimum atomic E-state index is 0.594. The highest BCUT2D eigenvalue weighted by molar-refractivity contribution is 5.81. The summed E-state index contributed by atoms with van der Waals surface area (Å²) >= 11 is 0. The van der Waals surface area contributed by atoms with Gasteiger partial charge in [0.2, 0.25) is 0 Å². The van der Waals surface area contributed by atoms with E-state index in [-0.39, 0.29) is 0 Å². The van der Waals surface area contributed by atoms with Crippen molar-refractivity contribution in [3.05, 3.63) is 36.2 Å². The van der Waals surface area contributed by atoms with Crippen LogP contribution in [-0.4, -0.2) is 23.6 Å². The van der Waals surface area contributed by atoms with E-state index in [9.17, 15) is 0 Å². The number of aromatic nitrogens is 2. The highest BCUT2D eigenvalue weighted by Gasteiger charge is 2.23. The van der Waals surface area contributed by atoms with Gasteiger partial charge in [0.05, 0.1) is 0 Å². The van der Waals surface area contributed by atoms with Crippen molar-refractivity contribution >= 4 is 23.0 Å². The molecule has 92 valence electrons. The summed E-state index contributed by atoms with van der Waals surface area (Å²) in [6.45, 7) is 0.906. The van der Waals surface area contributed by atoms with Gasteiger partial charge in [0.25, 0.3) is 0 Å². The Hall–Kier alpha value is -2.30. The predicted octanol–water partition coefficient (Wildman–Crippen LogP) is 1.79. The fourth-order valence-corrected chi connectivity index (χ4v) is 2.36. The first-order valence-corrected chi connectivity index (χ1v) is 5.95. The molecular weight excluding hydrogens is 226 g/mol. The first-order valence-electron chi connectivity index (χ1n) is 5.95. The van der Waals surface area contributed by atoms with Gasteiger partial charge in [0.1, 0.15) is 12.0 Å². The molecule has 3 N–H and O–H groups in total. The van der Waals surface area contributed by atoms with Crippen LogP contribution in [0, 0.1) is 0 Å². The highest BCUT2D eigenvalue weighted by atomic mass is 15.2. The van der Waals surface area contributed by atoms with Crippen molar-refractivity contribution in [2.24, 2.45) is 0 Å². The number of nitrogen functional groups attached to an aromatic ring is 1. The van der Waals surface area contributed by atoms with Gasteiger partial charge in [-0.2, -0.15) is 0 Å². The number of fused-ring (bicyclic) bond motifs is 1. The molecular formula is C13H15N5. The third kappa shape index (κ3) is 1.55. The summed E-state index contributed by atoms with van der Waals surface area (Å²) in [7, 11) is 1.81. The molecule has 5 heteroatoms. The van der Waals surface area contributed by atoms with Crippen molar-refractivity contribution in [2.75, 3.05) is 29.5 Å². The summed E-state index contributed by atoms with van der Waals surface area (Å²) in [5.41, 5.74) is 9.22. The molecule has 3 rings (SSSR count). The van der Waals surface area contributed by atoms with Gasteiger partial charge < -0.3 is 16.0 Å². The lowest BCUT2D eigenvalue weighted by Gasteiger charge is -2.20. The van der Waals surface area contributed by atoms with Crippen molar-refractivity contribution in [1.82, 2.24) is 9.97 Å². The minimum Gasteiger partial charge on any atom is -0.393 e. The molecule has 0 unspecified atom stereocenters. The molecule has 2 aromatic rings. The van der Waals surface area contributed by atoms with Gasteiger partial charge >= 0.3 is 0 Å². The molecule has 1 aromatic heterocycles. The van der Waals surface area contributed by atoms with E-state index in [2.05, 4.69) is 38.4 Å². The Morgan fingerprint density at radius 1 is 1.28 bits per heavy atom. The summed E-state index contributed by atoms with van der Waals surface area (Å²) in [6.07, 6.45) is 2.56. The number of nitrogens with two attached hydrogens (primary N) is 1. The molecule has 0 saturated carbocycles. The van der Waals surface area contributed by atoms with E-state index in [1.165, 1.54) is 11.3 Å². The number of para-hydroxylation sites is 1. The number of anilines is 4. The number of nitrogens with zero attached hydrogens (tertiary/aromatic N) is 3. The van der Waals surface area contributed by atoms with Crippen LogP contribution in [0.4, 0.5) is 23.0 Å². The summed E-state index contributed by atoms with van der Waals surface area (Å²) in [5, 5.41) is 2.98. The molecule has 1 aromatic carbocycles. The molecule has 0 radical (unpaired) electrons. The third-order valence-corrected chi connectivity index (χ3v) is 3.24. The van der Waals surface area contributed by atoms with Crippen molar-refractivity contribution in [3.8, 4) is 0 Å². The highest BCUT2D eigenvalue weighted by Crippen LogP contribution is 2.37. The number of rotatable bonds is 2. The Morgan fingerprint density at radius 2 is 2.11 bits per heavy atom. The van der Waals surface area contributed by atoms with E-state index in [1.807, 2.05) is 6.07 Å². The Kier molecular flexibility index (Phi) is 2.51. The Balaban J connectivity index is 2.08.